The zero-order valence-electron chi connectivity index (χ0n) is 29.0. The van der Waals surface area contributed by atoms with Gasteiger partial charge in [0.1, 0.15) is 25.4 Å². The summed E-state index contributed by atoms with van der Waals surface area (Å²) in [5, 5.41) is 4.85. The quantitative estimate of drug-likeness (QED) is 0.0410. The molecule has 0 saturated heterocycles. The zero-order valence-corrected chi connectivity index (χ0v) is 30.5. The first-order valence-electron chi connectivity index (χ1n) is 16.8. The standard InChI is InChI=1S/C37H48ClN3O7S/c1-27-24-28(37(42)39-17-20-47-22-21-46-19-8-6-5-7-16-38)10-13-31(27)36-32-14-11-29(40(2)3)25-34(32)48-35-26-30(12-15-33(35)36)41(4)18-9-23-49(43,44)45/h10-15,24-26H,5-9,16-23H2,1-4H3,(H-,39,42,43,44,45)/p+1. The predicted octanol–water partition coefficient (Wildman–Crippen LogP) is 5.82. The van der Waals surface area contributed by atoms with Crippen molar-refractivity contribution in [2.45, 2.75) is 39.0 Å². The minimum Gasteiger partial charge on any atom is -0.456 e. The molecule has 10 nitrogen and oxygen atoms in total. The van der Waals surface area contributed by atoms with Crippen LogP contribution >= 0.6 is 11.6 Å². The van der Waals surface area contributed by atoms with E-state index in [0.29, 0.717) is 55.7 Å². The first-order valence-corrected chi connectivity index (χ1v) is 18.9. The Morgan fingerprint density at radius 3 is 2.37 bits per heavy atom. The van der Waals surface area contributed by atoms with E-state index in [-0.39, 0.29) is 18.1 Å². The van der Waals surface area contributed by atoms with Gasteiger partial charge in [0.15, 0.2) is 0 Å². The van der Waals surface area contributed by atoms with Crippen molar-refractivity contribution in [1.29, 1.82) is 0 Å². The van der Waals surface area contributed by atoms with Crippen LogP contribution < -0.4 is 20.1 Å². The molecule has 0 aromatic heterocycles. The highest BCUT2D eigenvalue weighted by Crippen LogP contribution is 2.42. The van der Waals surface area contributed by atoms with Crippen molar-refractivity contribution in [2.24, 2.45) is 0 Å². The summed E-state index contributed by atoms with van der Waals surface area (Å²) in [6.45, 7) is 4.98. The monoisotopic (exact) mass is 714 g/mol. The molecular formula is C37H49ClN3O7S+. The van der Waals surface area contributed by atoms with Crippen LogP contribution in [0.5, 0.6) is 0 Å². The molecule has 0 saturated carbocycles. The topological polar surface area (TPSA) is 121 Å². The number of fused-ring (bicyclic) bond motifs is 2. The third-order valence-corrected chi connectivity index (χ3v) is 9.45. The van der Waals surface area contributed by atoms with E-state index in [1.807, 2.05) is 80.0 Å². The number of halogens is 1. The summed E-state index contributed by atoms with van der Waals surface area (Å²) >= 11 is 5.70. The number of alkyl halides is 1. The lowest BCUT2D eigenvalue weighted by molar-refractivity contribution is 0.0468. The number of anilines is 1. The lowest BCUT2D eigenvalue weighted by atomic mass is 9.90. The molecule has 0 spiro atoms. The van der Waals surface area contributed by atoms with E-state index < -0.39 is 10.1 Å². The Kier molecular flexibility index (Phi) is 14.5. The Hall–Kier alpha value is -3.48. The van der Waals surface area contributed by atoms with Crippen LogP contribution in [0.4, 0.5) is 5.69 Å². The van der Waals surface area contributed by atoms with Crippen molar-refractivity contribution in [2.75, 3.05) is 77.2 Å². The van der Waals surface area contributed by atoms with Crippen molar-refractivity contribution < 1.29 is 31.7 Å². The van der Waals surface area contributed by atoms with Crippen molar-refractivity contribution in [3.05, 3.63) is 71.1 Å². The number of unbranched alkanes of at least 4 members (excludes halogenated alkanes) is 3. The van der Waals surface area contributed by atoms with Gasteiger partial charge in [0, 0.05) is 72.5 Å². The van der Waals surface area contributed by atoms with E-state index in [9.17, 15) is 13.2 Å². The molecule has 49 heavy (non-hydrogen) atoms. The lowest BCUT2D eigenvalue weighted by Crippen LogP contribution is -2.27. The molecule has 266 valence electrons. The normalized spacial score (nSPS) is 11.7. The summed E-state index contributed by atoms with van der Waals surface area (Å²) in [6, 6.07) is 17.8. The molecule has 2 aromatic rings. The van der Waals surface area contributed by atoms with Gasteiger partial charge in [0.2, 0.25) is 5.36 Å². The van der Waals surface area contributed by atoms with Gasteiger partial charge >= 0.3 is 0 Å². The fourth-order valence-corrected chi connectivity index (χ4v) is 6.37. The molecule has 1 amide bonds. The second-order valence-corrected chi connectivity index (χ2v) is 14.4. The molecule has 0 bridgehead atoms. The molecule has 0 atom stereocenters. The van der Waals surface area contributed by atoms with E-state index in [0.717, 1.165) is 71.0 Å². The molecule has 2 aromatic carbocycles. The molecular weight excluding hydrogens is 666 g/mol. The van der Waals surface area contributed by atoms with Crippen LogP contribution in [0.3, 0.4) is 0 Å². The Morgan fingerprint density at radius 1 is 0.918 bits per heavy atom. The van der Waals surface area contributed by atoms with Gasteiger partial charge in [0.25, 0.3) is 16.0 Å². The van der Waals surface area contributed by atoms with Crippen molar-refractivity contribution in [1.82, 2.24) is 9.89 Å². The second kappa shape index (κ2) is 18.5. The number of hydrogen-bond donors (Lipinski definition) is 2. The summed E-state index contributed by atoms with van der Waals surface area (Å²) in [5.41, 5.74) is 5.97. The predicted molar refractivity (Wildman–Crippen MR) is 198 cm³/mol. The molecule has 0 fully saturated rings. The molecule has 2 N–H and O–H groups in total. The Morgan fingerprint density at radius 2 is 1.65 bits per heavy atom. The number of nitrogens with zero attached hydrogens (tertiary/aromatic N) is 2. The molecule has 1 heterocycles. The third-order valence-electron chi connectivity index (χ3n) is 8.38. The first-order chi connectivity index (χ1) is 23.5. The maximum atomic E-state index is 13.0. The summed E-state index contributed by atoms with van der Waals surface area (Å²) < 4.78 is 51.3. The van der Waals surface area contributed by atoms with Crippen LogP contribution in [0.2, 0.25) is 0 Å². The van der Waals surface area contributed by atoms with Gasteiger partial charge in [-0.2, -0.15) is 8.42 Å². The van der Waals surface area contributed by atoms with Crippen LogP contribution in [-0.2, 0) is 19.6 Å². The number of rotatable bonds is 19. The van der Waals surface area contributed by atoms with Gasteiger partial charge in [-0.1, -0.05) is 18.9 Å². The highest BCUT2D eigenvalue weighted by molar-refractivity contribution is 7.85. The maximum Gasteiger partial charge on any atom is 0.264 e. The van der Waals surface area contributed by atoms with Gasteiger partial charge in [0.05, 0.1) is 31.6 Å². The van der Waals surface area contributed by atoms with Gasteiger partial charge in [-0.15, -0.1) is 11.6 Å². The largest absolute Gasteiger partial charge is 0.456 e. The van der Waals surface area contributed by atoms with Crippen molar-refractivity contribution >= 4 is 44.3 Å². The molecule has 0 unspecified atom stereocenters. The molecule has 0 radical (unpaired) electrons. The Labute approximate surface area is 294 Å². The zero-order chi connectivity index (χ0) is 35.4. The molecule has 1 aliphatic heterocycles. The van der Waals surface area contributed by atoms with Crippen molar-refractivity contribution in [3.8, 4) is 22.5 Å². The number of carbonyl (C=O) groups excluding carboxylic acids is 1. The van der Waals surface area contributed by atoms with Crippen LogP contribution in [0.15, 0.2) is 59.0 Å². The third kappa shape index (κ3) is 11.3. The number of amides is 1. The fourth-order valence-electron chi connectivity index (χ4n) is 5.68. The molecule has 2 aliphatic rings. The highest BCUT2D eigenvalue weighted by atomic mass is 35.5. The van der Waals surface area contributed by atoms with Crippen LogP contribution in [0, 0.1) is 6.92 Å². The number of carbonyl (C=O) groups is 1. The second-order valence-electron chi connectivity index (χ2n) is 12.4. The number of benzene rings is 3. The average Bonchev–Trinajstić information content (AvgIpc) is 3.06. The number of aryl methyl sites for hydroxylation is 1. The maximum absolute atomic E-state index is 13.0. The van der Waals surface area contributed by atoms with Crippen LogP contribution in [0.1, 0.15) is 48.0 Å². The Bertz CT molecular complexity index is 1850. The SMILES string of the molecule is Cc1cc(C(=O)NCCOCCOCCCCCCCl)ccc1-c1c2ccc(=[N+](C)C)cc-2oc2cc(N(C)CCCS(=O)(=O)O)ccc12. The van der Waals surface area contributed by atoms with E-state index in [1.165, 1.54) is 0 Å². The highest BCUT2D eigenvalue weighted by Gasteiger charge is 2.21. The van der Waals surface area contributed by atoms with Crippen molar-refractivity contribution in [3.63, 3.8) is 0 Å². The van der Waals surface area contributed by atoms with Crippen LogP contribution in [-0.4, -0.2) is 91.2 Å². The van der Waals surface area contributed by atoms with E-state index in [4.69, 9.17) is 30.0 Å². The Balaban J connectivity index is 1.48. The summed E-state index contributed by atoms with van der Waals surface area (Å²) in [5.74, 6) is 0.961. The molecule has 4 rings (SSSR count). The lowest BCUT2D eigenvalue weighted by Gasteiger charge is -2.21. The minimum absolute atomic E-state index is 0.165. The van der Waals surface area contributed by atoms with Gasteiger partial charge < -0.3 is 24.1 Å². The smallest absolute Gasteiger partial charge is 0.264 e. The van der Waals surface area contributed by atoms with E-state index in [1.54, 1.807) is 0 Å². The number of ether oxygens (including phenoxy) is 2. The summed E-state index contributed by atoms with van der Waals surface area (Å²) in [4.78, 5) is 14.9. The van der Waals surface area contributed by atoms with E-state index >= 15 is 0 Å². The first kappa shape index (κ1) is 38.3. The van der Waals surface area contributed by atoms with Crippen LogP contribution in [0.25, 0.3) is 33.4 Å². The van der Waals surface area contributed by atoms with Gasteiger partial charge in [-0.25, -0.2) is 4.58 Å². The average molecular weight is 715 g/mol. The summed E-state index contributed by atoms with van der Waals surface area (Å²) in [6.07, 6.45) is 4.61. The fraction of sp³-hybridized carbons (Fsp3) is 0.459. The van der Waals surface area contributed by atoms with Gasteiger partial charge in [-0.3, -0.25) is 9.35 Å². The minimum atomic E-state index is -4.02. The summed E-state index contributed by atoms with van der Waals surface area (Å²) in [7, 11) is 1.81. The molecule has 12 heteroatoms. The van der Waals surface area contributed by atoms with E-state index in [2.05, 4.69) is 17.4 Å². The van der Waals surface area contributed by atoms with Gasteiger partial charge in [-0.05, 0) is 67.6 Å². The molecule has 1 aliphatic carbocycles. The number of nitrogens with one attached hydrogen (secondary N) is 1. The number of hydrogen-bond acceptors (Lipinski definition) is 7.